The standard InChI is InChI=1S/C8H13NOS2/c1-11-8(12-2)6(10)9-7(8)4-3-5-7/h3-5H2,1-2H3,(H,9,10). The Morgan fingerprint density at radius 1 is 1.33 bits per heavy atom. The molecule has 0 aromatic carbocycles. The zero-order valence-electron chi connectivity index (χ0n) is 7.35. The fourth-order valence-corrected chi connectivity index (χ4v) is 4.61. The lowest BCUT2D eigenvalue weighted by Crippen LogP contribution is -2.80. The van der Waals surface area contributed by atoms with Gasteiger partial charge in [-0.25, -0.2) is 0 Å². The third-order valence-corrected chi connectivity index (χ3v) is 6.37. The van der Waals surface area contributed by atoms with Crippen LogP contribution in [0.1, 0.15) is 19.3 Å². The number of β-lactam (4-membered cyclic amide) rings is 1. The summed E-state index contributed by atoms with van der Waals surface area (Å²) in [6, 6.07) is 0. The van der Waals surface area contributed by atoms with Gasteiger partial charge in [0.1, 0.15) is 0 Å². The molecular weight excluding hydrogens is 190 g/mol. The Morgan fingerprint density at radius 3 is 2.08 bits per heavy atom. The Hall–Kier alpha value is 0.170. The molecule has 12 heavy (non-hydrogen) atoms. The van der Waals surface area contributed by atoms with E-state index >= 15 is 0 Å². The second-order valence-corrected chi connectivity index (χ2v) is 5.71. The zero-order chi connectivity index (χ0) is 8.82. The molecule has 1 aliphatic carbocycles. The van der Waals surface area contributed by atoms with Crippen LogP contribution in [0.5, 0.6) is 0 Å². The molecule has 2 aliphatic rings. The van der Waals surface area contributed by atoms with Crippen LogP contribution in [-0.2, 0) is 4.79 Å². The van der Waals surface area contributed by atoms with E-state index in [1.54, 1.807) is 23.5 Å². The third kappa shape index (κ3) is 0.732. The van der Waals surface area contributed by atoms with Crippen LogP contribution in [0, 0.1) is 0 Å². The van der Waals surface area contributed by atoms with Crippen molar-refractivity contribution in [2.75, 3.05) is 12.5 Å². The molecule has 2 nitrogen and oxygen atoms in total. The molecule has 1 saturated carbocycles. The number of carbonyl (C=O) groups excluding carboxylic acids is 1. The van der Waals surface area contributed by atoms with Crippen molar-refractivity contribution in [2.45, 2.75) is 28.9 Å². The van der Waals surface area contributed by atoms with Gasteiger partial charge in [0.15, 0.2) is 4.08 Å². The van der Waals surface area contributed by atoms with Gasteiger partial charge in [0.25, 0.3) is 0 Å². The van der Waals surface area contributed by atoms with Crippen molar-refractivity contribution in [1.29, 1.82) is 0 Å². The van der Waals surface area contributed by atoms with Gasteiger partial charge in [0.2, 0.25) is 5.91 Å². The molecule has 0 aromatic heterocycles. The van der Waals surface area contributed by atoms with Crippen LogP contribution in [0.4, 0.5) is 0 Å². The summed E-state index contributed by atoms with van der Waals surface area (Å²) in [7, 11) is 0. The fraction of sp³-hybridized carbons (Fsp3) is 0.875. The summed E-state index contributed by atoms with van der Waals surface area (Å²) in [6.45, 7) is 0. The molecule has 4 heteroatoms. The minimum Gasteiger partial charge on any atom is -0.346 e. The third-order valence-electron chi connectivity index (χ3n) is 3.06. The molecule has 68 valence electrons. The molecule has 0 unspecified atom stereocenters. The molecule has 2 rings (SSSR count). The van der Waals surface area contributed by atoms with Crippen LogP contribution in [0.2, 0.25) is 0 Å². The average molecular weight is 203 g/mol. The summed E-state index contributed by atoms with van der Waals surface area (Å²) in [5, 5.41) is 3.07. The van der Waals surface area contributed by atoms with Gasteiger partial charge in [0.05, 0.1) is 5.54 Å². The summed E-state index contributed by atoms with van der Waals surface area (Å²) in [5.74, 6) is 0.224. The molecular formula is C8H13NOS2. The summed E-state index contributed by atoms with van der Waals surface area (Å²) in [6.07, 6.45) is 7.68. The van der Waals surface area contributed by atoms with Crippen molar-refractivity contribution in [2.24, 2.45) is 0 Å². The maximum Gasteiger partial charge on any atom is 0.249 e. The SMILES string of the molecule is CSC1(SC)C(=O)NC12CCC2. The quantitative estimate of drug-likeness (QED) is 0.544. The number of thioether (sulfide) groups is 2. The van der Waals surface area contributed by atoms with Gasteiger partial charge in [-0.2, -0.15) is 0 Å². The molecule has 0 bridgehead atoms. The van der Waals surface area contributed by atoms with Gasteiger partial charge in [-0.3, -0.25) is 4.79 Å². The molecule has 1 aliphatic heterocycles. The van der Waals surface area contributed by atoms with Gasteiger partial charge >= 0.3 is 0 Å². The highest BCUT2D eigenvalue weighted by Crippen LogP contribution is 2.58. The van der Waals surface area contributed by atoms with Crippen molar-refractivity contribution in [1.82, 2.24) is 5.32 Å². The zero-order valence-corrected chi connectivity index (χ0v) is 8.98. The molecule has 0 radical (unpaired) electrons. The van der Waals surface area contributed by atoms with Crippen LogP contribution < -0.4 is 5.32 Å². The van der Waals surface area contributed by atoms with Crippen LogP contribution >= 0.6 is 23.5 Å². The summed E-state index contributed by atoms with van der Waals surface area (Å²) < 4.78 is -0.161. The van der Waals surface area contributed by atoms with Gasteiger partial charge in [-0.15, -0.1) is 23.5 Å². The van der Waals surface area contributed by atoms with Crippen molar-refractivity contribution in [3.8, 4) is 0 Å². The van der Waals surface area contributed by atoms with E-state index in [0.717, 1.165) is 0 Å². The Kier molecular flexibility index (Phi) is 1.88. The van der Waals surface area contributed by atoms with Crippen molar-refractivity contribution in [3.05, 3.63) is 0 Å². The number of carbonyl (C=O) groups is 1. The largest absolute Gasteiger partial charge is 0.346 e. The highest BCUT2D eigenvalue weighted by atomic mass is 32.2. The van der Waals surface area contributed by atoms with E-state index in [1.165, 1.54) is 19.3 Å². The first-order chi connectivity index (χ1) is 5.71. The van der Waals surface area contributed by atoms with Gasteiger partial charge in [-0.1, -0.05) is 0 Å². The predicted molar refractivity (Wildman–Crippen MR) is 54.5 cm³/mol. The monoisotopic (exact) mass is 203 g/mol. The molecule has 2 fully saturated rings. The van der Waals surface area contributed by atoms with Crippen molar-refractivity contribution < 1.29 is 4.79 Å². The Balaban J connectivity index is 2.24. The van der Waals surface area contributed by atoms with Crippen molar-refractivity contribution >= 4 is 29.4 Å². The maximum absolute atomic E-state index is 11.5. The number of hydrogen-bond acceptors (Lipinski definition) is 3. The fourth-order valence-electron chi connectivity index (χ4n) is 2.18. The second kappa shape index (κ2) is 2.58. The van der Waals surface area contributed by atoms with Crippen LogP contribution in [-0.4, -0.2) is 28.0 Å². The van der Waals surface area contributed by atoms with E-state index in [-0.39, 0.29) is 15.5 Å². The number of amides is 1. The molecule has 1 heterocycles. The topological polar surface area (TPSA) is 29.1 Å². The first-order valence-corrected chi connectivity index (χ1v) is 6.59. The molecule has 1 spiro atoms. The van der Waals surface area contributed by atoms with E-state index in [9.17, 15) is 4.79 Å². The van der Waals surface area contributed by atoms with Gasteiger partial charge < -0.3 is 5.32 Å². The van der Waals surface area contributed by atoms with E-state index in [2.05, 4.69) is 5.32 Å². The van der Waals surface area contributed by atoms with Gasteiger partial charge in [-0.05, 0) is 31.8 Å². The smallest absolute Gasteiger partial charge is 0.249 e. The average Bonchev–Trinajstić information content (AvgIpc) is 1.99. The Morgan fingerprint density at radius 2 is 1.92 bits per heavy atom. The first kappa shape index (κ1) is 8.75. The lowest BCUT2D eigenvalue weighted by Gasteiger charge is -2.61. The van der Waals surface area contributed by atoms with Gasteiger partial charge in [0, 0.05) is 0 Å². The minimum absolute atomic E-state index is 0.156. The lowest BCUT2D eigenvalue weighted by atomic mass is 9.68. The van der Waals surface area contributed by atoms with E-state index in [1.807, 2.05) is 12.5 Å². The minimum atomic E-state index is -0.161. The lowest BCUT2D eigenvalue weighted by molar-refractivity contribution is -0.137. The van der Waals surface area contributed by atoms with Crippen molar-refractivity contribution in [3.63, 3.8) is 0 Å². The van der Waals surface area contributed by atoms with E-state index < -0.39 is 0 Å². The number of hydrogen-bond donors (Lipinski definition) is 1. The molecule has 0 atom stereocenters. The normalized spacial score (nSPS) is 29.0. The van der Waals surface area contributed by atoms with Crippen LogP contribution in [0.25, 0.3) is 0 Å². The molecule has 0 aromatic rings. The molecule has 1 N–H and O–H groups in total. The van der Waals surface area contributed by atoms with Crippen LogP contribution in [0.3, 0.4) is 0 Å². The first-order valence-electron chi connectivity index (χ1n) is 4.14. The maximum atomic E-state index is 11.5. The Bertz CT molecular complexity index is 221. The Labute approximate surface area is 81.2 Å². The molecule has 1 amide bonds. The highest BCUT2D eigenvalue weighted by Gasteiger charge is 2.67. The van der Waals surface area contributed by atoms with Crippen LogP contribution in [0.15, 0.2) is 0 Å². The summed E-state index contributed by atoms with van der Waals surface area (Å²) in [5.41, 5.74) is 0.156. The van der Waals surface area contributed by atoms with E-state index in [4.69, 9.17) is 0 Å². The summed E-state index contributed by atoms with van der Waals surface area (Å²) >= 11 is 3.40. The van der Waals surface area contributed by atoms with E-state index in [0.29, 0.717) is 0 Å². The number of nitrogens with one attached hydrogen (secondary N) is 1. The number of rotatable bonds is 2. The predicted octanol–water partition coefficient (Wildman–Crippen LogP) is 1.46. The highest BCUT2D eigenvalue weighted by molar-refractivity contribution is 8.19. The summed E-state index contributed by atoms with van der Waals surface area (Å²) in [4.78, 5) is 11.5. The second-order valence-electron chi connectivity index (χ2n) is 3.41. The molecule has 1 saturated heterocycles.